The van der Waals surface area contributed by atoms with E-state index in [9.17, 15) is 9.59 Å². The number of benzene rings is 4. The average Bonchev–Trinajstić information content (AvgIpc) is 3.44. The predicted molar refractivity (Wildman–Crippen MR) is 236 cm³/mol. The summed E-state index contributed by atoms with van der Waals surface area (Å²) in [5.74, 6) is 0.557. The molecule has 7 rings (SSSR count). The van der Waals surface area contributed by atoms with Gasteiger partial charge in [-0.2, -0.15) is 0 Å². The van der Waals surface area contributed by atoms with Crippen molar-refractivity contribution >= 4 is 80.2 Å². The summed E-state index contributed by atoms with van der Waals surface area (Å²) in [5.41, 5.74) is 6.77. The van der Waals surface area contributed by atoms with Crippen molar-refractivity contribution in [2.45, 2.75) is 64.5 Å². The molecule has 1 atom stereocenters. The van der Waals surface area contributed by atoms with Gasteiger partial charge in [0.05, 0.1) is 30.2 Å². The van der Waals surface area contributed by atoms with Gasteiger partial charge in [0.15, 0.2) is 0 Å². The highest BCUT2D eigenvalue weighted by molar-refractivity contribution is 6.35. The third-order valence-electron chi connectivity index (χ3n) is 11.4. The van der Waals surface area contributed by atoms with Gasteiger partial charge >= 0.3 is 0 Å². The van der Waals surface area contributed by atoms with E-state index >= 15 is 0 Å². The Morgan fingerprint density at radius 3 is 2.40 bits per heavy atom. The van der Waals surface area contributed by atoms with Crippen molar-refractivity contribution < 1.29 is 14.3 Å². The predicted octanol–water partition coefficient (Wildman–Crippen LogP) is 11.9. The minimum atomic E-state index is -0.337. The second-order valence-corrected chi connectivity index (χ2v) is 16.1. The molecule has 3 heterocycles. The van der Waals surface area contributed by atoms with Gasteiger partial charge in [0.2, 0.25) is 5.91 Å². The first-order valence-electron chi connectivity index (χ1n) is 19.6. The number of H-pyrrole nitrogens is 1. The van der Waals surface area contributed by atoms with Crippen LogP contribution in [0.15, 0.2) is 97.7 Å². The third-order valence-corrected chi connectivity index (χ3v) is 12.2. The molecule has 57 heavy (non-hydrogen) atoms. The molecule has 0 aliphatic carbocycles. The molecular formula is C46H48Cl3N5O3. The number of methoxy groups -OCH3 is 1. The van der Waals surface area contributed by atoms with Gasteiger partial charge in [-0.15, -0.1) is 0 Å². The molecule has 1 aromatic heterocycles. The van der Waals surface area contributed by atoms with Crippen molar-refractivity contribution in [3.8, 4) is 5.75 Å². The summed E-state index contributed by atoms with van der Waals surface area (Å²) in [6.07, 6.45) is 7.26. The van der Waals surface area contributed by atoms with Gasteiger partial charge in [-0.25, -0.2) is 0 Å². The van der Waals surface area contributed by atoms with Gasteiger partial charge in [-0.3, -0.25) is 9.59 Å². The maximum Gasteiger partial charge on any atom is 0.272 e. The summed E-state index contributed by atoms with van der Waals surface area (Å²) in [6, 6.07) is 26.8. The molecule has 2 aliphatic rings. The number of carbonyl (C=O) groups excluding carboxylic acids is 2. The lowest BCUT2D eigenvalue weighted by Crippen LogP contribution is -2.47. The molecule has 0 bridgehead atoms. The van der Waals surface area contributed by atoms with E-state index in [1.54, 1.807) is 19.4 Å². The summed E-state index contributed by atoms with van der Waals surface area (Å²) in [6.45, 7) is 10.7. The number of anilines is 2. The number of hydrogen-bond donors (Lipinski definition) is 2. The number of hydrogen-bond acceptors (Lipinski definition) is 5. The number of allylic oxidation sites excluding steroid dienone is 1. The lowest BCUT2D eigenvalue weighted by atomic mass is 9.95. The van der Waals surface area contributed by atoms with Crippen LogP contribution < -0.4 is 15.0 Å². The minimum absolute atomic E-state index is 0.222. The van der Waals surface area contributed by atoms with Gasteiger partial charge in [0.1, 0.15) is 11.4 Å². The molecule has 8 nitrogen and oxygen atoms in total. The van der Waals surface area contributed by atoms with Crippen molar-refractivity contribution in [1.29, 1.82) is 0 Å². The topological polar surface area (TPSA) is 80.9 Å². The Morgan fingerprint density at radius 2 is 1.68 bits per heavy atom. The summed E-state index contributed by atoms with van der Waals surface area (Å²) < 4.78 is 5.66. The average molecular weight is 825 g/mol. The number of amides is 2. The van der Waals surface area contributed by atoms with Crippen molar-refractivity contribution in [2.75, 3.05) is 37.0 Å². The summed E-state index contributed by atoms with van der Waals surface area (Å²) in [7, 11) is 1.62. The van der Waals surface area contributed by atoms with Gasteiger partial charge in [-0.1, -0.05) is 90.3 Å². The quantitative estimate of drug-likeness (QED) is 0.139. The molecule has 1 unspecified atom stereocenters. The number of aromatic nitrogens is 1. The van der Waals surface area contributed by atoms with Gasteiger partial charge in [0.25, 0.3) is 5.91 Å². The van der Waals surface area contributed by atoms with E-state index < -0.39 is 0 Å². The molecule has 2 N–H and O–H groups in total. The van der Waals surface area contributed by atoms with Gasteiger partial charge in [-0.05, 0) is 98.8 Å². The molecule has 0 spiro atoms. The Hall–Kier alpha value is -4.89. The number of piperidine rings is 1. The molecular weight excluding hydrogens is 777 g/mol. The van der Waals surface area contributed by atoms with Crippen LogP contribution in [0.3, 0.4) is 0 Å². The molecule has 2 saturated heterocycles. The number of nitrogens with zero attached hydrogens (tertiary/aromatic N) is 3. The van der Waals surface area contributed by atoms with Crippen molar-refractivity contribution in [3.05, 3.63) is 135 Å². The highest BCUT2D eigenvalue weighted by atomic mass is 35.5. The first-order valence-corrected chi connectivity index (χ1v) is 20.7. The Morgan fingerprint density at radius 1 is 0.947 bits per heavy atom. The van der Waals surface area contributed by atoms with E-state index in [-0.39, 0.29) is 23.9 Å². The maximum absolute atomic E-state index is 15.0. The Bertz CT molecular complexity index is 2320. The summed E-state index contributed by atoms with van der Waals surface area (Å²) >= 11 is 19.7. The zero-order valence-electron chi connectivity index (χ0n) is 32.6. The van der Waals surface area contributed by atoms with Gasteiger partial charge in [0, 0.05) is 69.7 Å². The number of carbonyl (C=O) groups is 2. The number of rotatable bonds is 11. The zero-order valence-corrected chi connectivity index (χ0v) is 34.9. The molecule has 296 valence electrons. The molecule has 11 heteroatoms. The Balaban J connectivity index is 1.31. The highest BCUT2D eigenvalue weighted by Crippen LogP contribution is 2.43. The molecule has 0 radical (unpaired) electrons. The fraction of sp³-hybridized carbons (Fsp3) is 0.304. The number of fused-ring (bicyclic) bond motifs is 1. The largest absolute Gasteiger partial charge is 0.497 e. The number of halogens is 3. The lowest BCUT2D eigenvalue weighted by molar-refractivity contribution is -0.133. The SMILES string of the molecule is C=CN(/C(=C(\C)c1ccccc1)c1c(C(=O)Nc2cc(OC)ccc2N2CCC(N3CCCCCC3=O)CC2)[nH]c2cc(Cl)ccc12)C(C)c1ccc(Cl)cc1Cl. The van der Waals surface area contributed by atoms with E-state index in [1.165, 1.54) is 0 Å². The number of aromatic amines is 1. The monoisotopic (exact) mass is 823 g/mol. The maximum atomic E-state index is 15.0. The molecule has 2 fully saturated rings. The van der Waals surface area contributed by atoms with Crippen LogP contribution in [-0.4, -0.2) is 59.4 Å². The number of likely N-dealkylation sites (tertiary alicyclic amines) is 1. The van der Waals surface area contributed by atoms with Crippen molar-refractivity contribution in [2.24, 2.45) is 0 Å². The number of nitrogens with one attached hydrogen (secondary N) is 2. The highest BCUT2D eigenvalue weighted by Gasteiger charge is 2.32. The van der Waals surface area contributed by atoms with Crippen LogP contribution in [0.5, 0.6) is 5.75 Å². The molecule has 2 aliphatic heterocycles. The van der Waals surface area contributed by atoms with E-state index in [0.29, 0.717) is 49.7 Å². The van der Waals surface area contributed by atoms with Crippen LogP contribution in [0.25, 0.3) is 22.2 Å². The van der Waals surface area contributed by atoms with E-state index in [4.69, 9.17) is 39.5 Å². The van der Waals surface area contributed by atoms with Crippen LogP contribution in [-0.2, 0) is 4.79 Å². The van der Waals surface area contributed by atoms with E-state index in [2.05, 4.69) is 57.6 Å². The lowest BCUT2D eigenvalue weighted by Gasteiger charge is -2.39. The van der Waals surface area contributed by atoms with Crippen LogP contribution >= 0.6 is 34.8 Å². The van der Waals surface area contributed by atoms with E-state index in [1.807, 2.05) is 66.7 Å². The van der Waals surface area contributed by atoms with Crippen LogP contribution in [0, 0.1) is 0 Å². The minimum Gasteiger partial charge on any atom is -0.497 e. The smallest absolute Gasteiger partial charge is 0.272 e. The van der Waals surface area contributed by atoms with E-state index in [0.717, 1.165) is 85.2 Å². The third kappa shape index (κ3) is 8.54. The molecule has 0 saturated carbocycles. The Labute approximate surface area is 350 Å². The molecule has 4 aromatic carbocycles. The normalized spacial score (nSPS) is 16.2. The van der Waals surface area contributed by atoms with Crippen molar-refractivity contribution in [3.63, 3.8) is 0 Å². The first-order chi connectivity index (χ1) is 27.6. The molecule has 5 aromatic rings. The number of ether oxygens (including phenoxy) is 1. The summed E-state index contributed by atoms with van der Waals surface area (Å²) in [4.78, 5) is 37.8. The fourth-order valence-electron chi connectivity index (χ4n) is 8.37. The summed E-state index contributed by atoms with van der Waals surface area (Å²) in [5, 5.41) is 5.69. The van der Waals surface area contributed by atoms with Crippen LogP contribution in [0.4, 0.5) is 11.4 Å². The van der Waals surface area contributed by atoms with Crippen LogP contribution in [0.2, 0.25) is 15.1 Å². The fourth-order valence-corrected chi connectivity index (χ4v) is 9.10. The second-order valence-electron chi connectivity index (χ2n) is 14.8. The first kappa shape index (κ1) is 40.3. The molecule has 2 amide bonds. The Kier molecular flexibility index (Phi) is 12.5. The second kappa shape index (κ2) is 17.7. The van der Waals surface area contributed by atoms with Crippen LogP contribution in [0.1, 0.15) is 85.6 Å². The van der Waals surface area contributed by atoms with Gasteiger partial charge < -0.3 is 29.7 Å². The standard InChI is InChI=1S/C46H48Cl3N5O3/c1-5-53(30(3)36-18-15-32(47)26-38(36)49)45(29(2)31-12-8-6-9-13-31)43-37-19-16-33(48)27-39(37)50-44(43)46(56)51-40-28-35(57-4)17-20-41(40)52-24-21-34(22-25-52)54-23-11-7-10-14-42(54)55/h5-6,8-9,12-13,15-20,26-28,30,34,50H,1,7,10-11,14,21-25H2,2-4H3,(H,51,56)/b45-29+. The zero-order chi connectivity index (χ0) is 40.2. The van der Waals surface area contributed by atoms with Crippen molar-refractivity contribution in [1.82, 2.24) is 14.8 Å².